The van der Waals surface area contributed by atoms with Crippen molar-refractivity contribution >= 4 is 34.9 Å². The van der Waals surface area contributed by atoms with Crippen LogP contribution in [0.1, 0.15) is 18.5 Å². The normalized spacial score (nSPS) is 23.1. The third kappa shape index (κ3) is 2.23. The lowest BCUT2D eigenvalue weighted by atomic mass is 9.91. The summed E-state index contributed by atoms with van der Waals surface area (Å²) >= 11 is 11.7. The molecule has 2 unspecified atom stereocenters. The largest absolute Gasteiger partial charge is 0.481 e. The van der Waals surface area contributed by atoms with Crippen LogP contribution in [0.5, 0.6) is 0 Å². The Kier molecular flexibility index (Phi) is 3.26. The van der Waals surface area contributed by atoms with Crippen molar-refractivity contribution in [2.24, 2.45) is 11.0 Å². The Bertz CT molecular complexity index is 502. The number of benzene rings is 1. The molecule has 2 N–H and O–H groups in total. The lowest BCUT2D eigenvalue weighted by molar-refractivity contribution is -0.139. The molecule has 6 heteroatoms. The summed E-state index contributed by atoms with van der Waals surface area (Å²) in [5.74, 6) is -1.58. The quantitative estimate of drug-likeness (QED) is 0.870. The highest BCUT2D eigenvalue weighted by molar-refractivity contribution is 6.42. The molecule has 1 aliphatic rings. The first-order valence-corrected chi connectivity index (χ1v) is 5.73. The highest BCUT2D eigenvalue weighted by atomic mass is 35.5. The molecule has 0 aromatic heterocycles. The monoisotopic (exact) mass is 272 g/mol. The van der Waals surface area contributed by atoms with Crippen LogP contribution in [0.25, 0.3) is 0 Å². The van der Waals surface area contributed by atoms with E-state index in [1.54, 1.807) is 25.1 Å². The Hall–Kier alpha value is -1.26. The van der Waals surface area contributed by atoms with E-state index in [9.17, 15) is 4.79 Å². The molecule has 0 amide bonds. The number of aliphatic carboxylic acids is 1. The van der Waals surface area contributed by atoms with E-state index in [0.717, 1.165) is 5.56 Å². The van der Waals surface area contributed by atoms with Crippen LogP contribution < -0.4 is 5.43 Å². The number of nitrogens with zero attached hydrogens (tertiary/aromatic N) is 1. The number of hydrazone groups is 1. The Morgan fingerprint density at radius 1 is 1.41 bits per heavy atom. The fourth-order valence-electron chi connectivity index (χ4n) is 1.85. The van der Waals surface area contributed by atoms with Gasteiger partial charge in [-0.1, -0.05) is 29.3 Å². The summed E-state index contributed by atoms with van der Waals surface area (Å²) in [6.45, 7) is 1.68. The molecule has 0 fully saturated rings. The predicted octanol–water partition coefficient (Wildman–Crippen LogP) is 2.71. The highest BCUT2D eigenvalue weighted by Crippen LogP contribution is 2.32. The van der Waals surface area contributed by atoms with Gasteiger partial charge in [0.15, 0.2) is 0 Å². The molecular weight excluding hydrogens is 263 g/mol. The van der Waals surface area contributed by atoms with Crippen molar-refractivity contribution in [3.8, 4) is 0 Å². The summed E-state index contributed by atoms with van der Waals surface area (Å²) in [7, 11) is 0. The van der Waals surface area contributed by atoms with Crippen LogP contribution in [0.15, 0.2) is 23.3 Å². The summed E-state index contributed by atoms with van der Waals surface area (Å²) in [6.07, 6.45) is 0. The molecule has 17 heavy (non-hydrogen) atoms. The van der Waals surface area contributed by atoms with Crippen LogP contribution in [0.2, 0.25) is 10.0 Å². The number of hydrogen-bond donors (Lipinski definition) is 2. The maximum atomic E-state index is 11.2. The van der Waals surface area contributed by atoms with Gasteiger partial charge >= 0.3 is 5.97 Å². The van der Waals surface area contributed by atoms with Crippen molar-refractivity contribution in [2.75, 3.05) is 0 Å². The average molecular weight is 273 g/mol. The van der Waals surface area contributed by atoms with Crippen LogP contribution in [-0.4, -0.2) is 16.8 Å². The number of rotatable bonds is 2. The zero-order valence-electron chi connectivity index (χ0n) is 8.95. The van der Waals surface area contributed by atoms with Gasteiger partial charge in [-0.3, -0.25) is 4.79 Å². The summed E-state index contributed by atoms with van der Waals surface area (Å²) in [4.78, 5) is 11.2. The number of nitrogens with one attached hydrogen (secondary N) is 1. The van der Waals surface area contributed by atoms with Crippen LogP contribution in [0.3, 0.4) is 0 Å². The molecule has 1 aromatic carbocycles. The first kappa shape index (κ1) is 12.2. The molecule has 2 rings (SSSR count). The molecule has 1 heterocycles. The highest BCUT2D eigenvalue weighted by Gasteiger charge is 2.36. The van der Waals surface area contributed by atoms with Gasteiger partial charge in [0.05, 0.1) is 21.8 Å². The minimum absolute atomic E-state index is 0.401. The molecule has 0 radical (unpaired) electrons. The van der Waals surface area contributed by atoms with E-state index in [1.165, 1.54) is 0 Å². The number of carbonyl (C=O) groups is 1. The van der Waals surface area contributed by atoms with E-state index < -0.39 is 17.9 Å². The van der Waals surface area contributed by atoms with E-state index in [0.29, 0.717) is 15.8 Å². The van der Waals surface area contributed by atoms with Gasteiger partial charge in [-0.2, -0.15) is 5.10 Å². The fourth-order valence-corrected chi connectivity index (χ4v) is 2.16. The number of carboxylic acids is 1. The molecule has 0 aliphatic carbocycles. The zero-order chi connectivity index (χ0) is 12.6. The summed E-state index contributed by atoms with van der Waals surface area (Å²) in [5, 5.41) is 14.0. The van der Waals surface area contributed by atoms with Crippen molar-refractivity contribution in [3.05, 3.63) is 33.8 Å². The Morgan fingerprint density at radius 3 is 2.71 bits per heavy atom. The van der Waals surface area contributed by atoms with Crippen LogP contribution in [-0.2, 0) is 4.79 Å². The van der Waals surface area contributed by atoms with Crippen molar-refractivity contribution in [2.45, 2.75) is 13.0 Å². The van der Waals surface area contributed by atoms with Crippen molar-refractivity contribution in [1.29, 1.82) is 0 Å². The minimum atomic E-state index is -0.910. The summed E-state index contributed by atoms with van der Waals surface area (Å²) < 4.78 is 0. The molecule has 0 saturated heterocycles. The molecule has 1 aromatic rings. The molecule has 1 aliphatic heterocycles. The van der Waals surface area contributed by atoms with Gasteiger partial charge in [0.25, 0.3) is 0 Å². The van der Waals surface area contributed by atoms with E-state index >= 15 is 0 Å². The van der Waals surface area contributed by atoms with Gasteiger partial charge in [0, 0.05) is 0 Å². The standard InChI is InChI=1S/C11H10Cl2N2O2/c1-5-9(11(16)17)10(15-14-5)6-2-3-7(12)8(13)4-6/h2-4,9-10,15H,1H3,(H,16,17). The van der Waals surface area contributed by atoms with Gasteiger partial charge in [0.1, 0.15) is 5.92 Å². The first-order chi connectivity index (χ1) is 8.00. The van der Waals surface area contributed by atoms with Crippen molar-refractivity contribution < 1.29 is 9.90 Å². The molecular formula is C11H10Cl2N2O2. The smallest absolute Gasteiger partial charge is 0.314 e. The number of halogens is 2. The SMILES string of the molecule is CC1=NNC(c2ccc(Cl)c(Cl)c2)C1C(=O)O. The van der Waals surface area contributed by atoms with E-state index in [2.05, 4.69) is 10.5 Å². The first-order valence-electron chi connectivity index (χ1n) is 4.98. The second-order valence-electron chi connectivity index (χ2n) is 3.85. The van der Waals surface area contributed by atoms with E-state index in [1.807, 2.05) is 0 Å². The van der Waals surface area contributed by atoms with Gasteiger partial charge in [-0.05, 0) is 24.6 Å². The minimum Gasteiger partial charge on any atom is -0.481 e. The Balaban J connectivity index is 2.34. The molecule has 0 saturated carbocycles. The maximum absolute atomic E-state index is 11.2. The molecule has 2 atom stereocenters. The number of carboxylic acid groups (broad SMARTS) is 1. The fraction of sp³-hybridized carbons (Fsp3) is 0.273. The topological polar surface area (TPSA) is 61.7 Å². The second kappa shape index (κ2) is 4.55. The zero-order valence-corrected chi connectivity index (χ0v) is 10.5. The molecule has 90 valence electrons. The van der Waals surface area contributed by atoms with Gasteiger partial charge in [-0.15, -0.1) is 0 Å². The number of hydrogen-bond acceptors (Lipinski definition) is 3. The Labute approximate surface area is 108 Å². The molecule has 0 spiro atoms. The van der Waals surface area contributed by atoms with Crippen molar-refractivity contribution in [3.63, 3.8) is 0 Å². The van der Waals surface area contributed by atoms with Crippen molar-refractivity contribution in [1.82, 2.24) is 5.43 Å². The predicted molar refractivity (Wildman–Crippen MR) is 66.6 cm³/mol. The van der Waals surface area contributed by atoms with Crippen LogP contribution in [0.4, 0.5) is 0 Å². The average Bonchev–Trinajstić information content (AvgIpc) is 2.64. The van der Waals surface area contributed by atoms with E-state index in [4.69, 9.17) is 28.3 Å². The van der Waals surface area contributed by atoms with Crippen LogP contribution >= 0.6 is 23.2 Å². The Morgan fingerprint density at radius 2 is 2.12 bits per heavy atom. The van der Waals surface area contributed by atoms with Crippen LogP contribution in [0, 0.1) is 5.92 Å². The lowest BCUT2D eigenvalue weighted by Gasteiger charge is -2.16. The van der Waals surface area contributed by atoms with Gasteiger partial charge < -0.3 is 10.5 Å². The van der Waals surface area contributed by atoms with Gasteiger partial charge in [0.2, 0.25) is 0 Å². The van der Waals surface area contributed by atoms with Gasteiger partial charge in [-0.25, -0.2) is 0 Å². The summed E-state index contributed by atoms with van der Waals surface area (Å²) in [6, 6.07) is 4.65. The third-order valence-corrected chi connectivity index (χ3v) is 3.47. The molecule has 0 bridgehead atoms. The maximum Gasteiger partial charge on any atom is 0.314 e. The van der Waals surface area contributed by atoms with E-state index in [-0.39, 0.29) is 0 Å². The third-order valence-electron chi connectivity index (χ3n) is 2.73. The summed E-state index contributed by atoms with van der Waals surface area (Å²) in [5.41, 5.74) is 4.11. The lowest BCUT2D eigenvalue weighted by Crippen LogP contribution is -2.27. The molecule has 4 nitrogen and oxygen atoms in total. The second-order valence-corrected chi connectivity index (χ2v) is 4.66.